The molecule has 1 aromatic heterocycles. The van der Waals surface area contributed by atoms with Crippen LogP contribution in [0.15, 0.2) is 42.7 Å². The van der Waals surface area contributed by atoms with Gasteiger partial charge in [-0.25, -0.2) is 9.97 Å². The SMILES string of the molecule is CC(CN1CC2CN(c3cc(C(F)(F)F)ncn3)CCC21)c1ccccc1. The summed E-state index contributed by atoms with van der Waals surface area (Å²) < 4.78 is 38.6. The molecule has 0 bridgehead atoms. The maximum absolute atomic E-state index is 12.9. The highest BCUT2D eigenvalue weighted by Crippen LogP contribution is 2.36. The van der Waals surface area contributed by atoms with E-state index in [-0.39, 0.29) is 0 Å². The predicted molar refractivity (Wildman–Crippen MR) is 97.6 cm³/mol. The summed E-state index contributed by atoms with van der Waals surface area (Å²) >= 11 is 0. The second-order valence-electron chi connectivity index (χ2n) is 7.59. The van der Waals surface area contributed by atoms with Crippen molar-refractivity contribution in [3.8, 4) is 0 Å². The number of likely N-dealkylation sites (tertiary alicyclic amines) is 1. The Morgan fingerprint density at radius 1 is 1.15 bits per heavy atom. The van der Waals surface area contributed by atoms with Crippen LogP contribution in [0, 0.1) is 5.92 Å². The van der Waals surface area contributed by atoms with Crippen molar-refractivity contribution in [2.75, 3.05) is 31.1 Å². The molecule has 1 aromatic carbocycles. The number of aromatic nitrogens is 2. The first-order valence-electron chi connectivity index (χ1n) is 9.35. The predicted octanol–water partition coefficient (Wildman–Crippen LogP) is 3.81. The molecule has 2 saturated heterocycles. The molecule has 4 rings (SSSR count). The molecule has 27 heavy (non-hydrogen) atoms. The lowest BCUT2D eigenvalue weighted by molar-refractivity contribution is -0.141. The van der Waals surface area contributed by atoms with Gasteiger partial charge in [0.15, 0.2) is 0 Å². The number of anilines is 1. The molecule has 2 aliphatic rings. The fourth-order valence-electron chi connectivity index (χ4n) is 4.31. The van der Waals surface area contributed by atoms with Crippen molar-refractivity contribution < 1.29 is 13.2 Å². The molecule has 0 saturated carbocycles. The summed E-state index contributed by atoms with van der Waals surface area (Å²) in [7, 11) is 0. The average Bonchev–Trinajstić information content (AvgIpc) is 2.66. The number of nitrogens with zero attached hydrogens (tertiary/aromatic N) is 4. The highest BCUT2D eigenvalue weighted by atomic mass is 19.4. The number of rotatable bonds is 4. The molecule has 3 heterocycles. The topological polar surface area (TPSA) is 32.3 Å². The largest absolute Gasteiger partial charge is 0.433 e. The number of alkyl halides is 3. The quantitative estimate of drug-likeness (QED) is 0.812. The zero-order valence-corrected chi connectivity index (χ0v) is 15.2. The lowest BCUT2D eigenvalue weighted by Gasteiger charge is -2.54. The van der Waals surface area contributed by atoms with Crippen LogP contribution in [0.1, 0.15) is 30.5 Å². The summed E-state index contributed by atoms with van der Waals surface area (Å²) in [5.41, 5.74) is 0.473. The van der Waals surface area contributed by atoms with Crippen molar-refractivity contribution in [1.82, 2.24) is 14.9 Å². The summed E-state index contributed by atoms with van der Waals surface area (Å²) in [6.45, 7) is 5.75. The molecule has 7 heteroatoms. The van der Waals surface area contributed by atoms with Crippen LogP contribution in [0.25, 0.3) is 0 Å². The lowest BCUT2D eigenvalue weighted by atomic mass is 9.81. The number of hydrogen-bond donors (Lipinski definition) is 0. The Labute approximate surface area is 157 Å². The van der Waals surface area contributed by atoms with Crippen molar-refractivity contribution in [2.24, 2.45) is 5.92 Å². The molecule has 2 aromatic rings. The summed E-state index contributed by atoms with van der Waals surface area (Å²) in [4.78, 5) is 11.9. The monoisotopic (exact) mass is 376 g/mol. The van der Waals surface area contributed by atoms with Gasteiger partial charge in [0.2, 0.25) is 0 Å². The normalized spacial score (nSPS) is 24.2. The molecule has 2 aliphatic heterocycles. The Morgan fingerprint density at radius 3 is 2.63 bits per heavy atom. The van der Waals surface area contributed by atoms with E-state index < -0.39 is 11.9 Å². The second-order valence-corrected chi connectivity index (χ2v) is 7.59. The molecule has 0 aliphatic carbocycles. The average molecular weight is 376 g/mol. The second kappa shape index (κ2) is 7.11. The summed E-state index contributed by atoms with van der Waals surface area (Å²) in [6.07, 6.45) is -2.47. The van der Waals surface area contributed by atoms with Gasteiger partial charge in [0.05, 0.1) is 0 Å². The van der Waals surface area contributed by atoms with Crippen LogP contribution in [0.5, 0.6) is 0 Å². The molecule has 2 fully saturated rings. The number of piperidine rings is 1. The maximum Gasteiger partial charge on any atom is 0.433 e. The van der Waals surface area contributed by atoms with Gasteiger partial charge in [-0.15, -0.1) is 0 Å². The van der Waals surface area contributed by atoms with E-state index in [0.29, 0.717) is 23.7 Å². The Balaban J connectivity index is 1.36. The summed E-state index contributed by atoms with van der Waals surface area (Å²) in [6, 6.07) is 12.1. The molecule has 0 spiro atoms. The summed E-state index contributed by atoms with van der Waals surface area (Å²) in [5, 5.41) is 0. The molecular weight excluding hydrogens is 353 g/mol. The van der Waals surface area contributed by atoms with E-state index in [2.05, 4.69) is 46.1 Å². The number of benzene rings is 1. The Hall–Kier alpha value is -2.15. The Bertz CT molecular complexity index is 780. The standard InChI is InChI=1S/C20H23F3N4/c1-14(15-5-3-2-4-6-15)10-27-12-16-11-26(8-7-17(16)27)19-9-18(20(21,22)23)24-13-25-19/h2-6,9,13-14,16-17H,7-8,10-12H2,1H3. The highest BCUT2D eigenvalue weighted by Gasteiger charge is 2.43. The van der Waals surface area contributed by atoms with E-state index in [1.54, 1.807) is 0 Å². The third-order valence-electron chi connectivity index (χ3n) is 5.78. The Morgan fingerprint density at radius 2 is 1.93 bits per heavy atom. The maximum atomic E-state index is 12.9. The van der Waals surface area contributed by atoms with Crippen LogP contribution in [0.2, 0.25) is 0 Å². The van der Waals surface area contributed by atoms with Gasteiger partial charge in [0.25, 0.3) is 0 Å². The third kappa shape index (κ3) is 3.78. The van der Waals surface area contributed by atoms with E-state index >= 15 is 0 Å². The van der Waals surface area contributed by atoms with Gasteiger partial charge in [0.1, 0.15) is 17.8 Å². The van der Waals surface area contributed by atoms with Crippen LogP contribution >= 0.6 is 0 Å². The first-order valence-corrected chi connectivity index (χ1v) is 9.35. The van der Waals surface area contributed by atoms with Crippen LogP contribution in [0.3, 0.4) is 0 Å². The van der Waals surface area contributed by atoms with E-state index in [9.17, 15) is 13.2 Å². The van der Waals surface area contributed by atoms with Crippen LogP contribution in [-0.4, -0.2) is 47.1 Å². The molecule has 4 nitrogen and oxygen atoms in total. The number of halogens is 3. The number of fused-ring (bicyclic) bond motifs is 1. The van der Waals surface area contributed by atoms with Gasteiger partial charge in [-0.1, -0.05) is 37.3 Å². The first-order chi connectivity index (χ1) is 12.9. The molecule has 3 atom stereocenters. The van der Waals surface area contributed by atoms with Crippen molar-refractivity contribution in [3.05, 3.63) is 54.0 Å². The van der Waals surface area contributed by atoms with Gasteiger partial charge in [-0.2, -0.15) is 13.2 Å². The zero-order chi connectivity index (χ0) is 19.0. The van der Waals surface area contributed by atoms with Gasteiger partial charge < -0.3 is 4.90 Å². The van der Waals surface area contributed by atoms with Gasteiger partial charge in [-0.3, -0.25) is 4.90 Å². The van der Waals surface area contributed by atoms with Crippen LogP contribution < -0.4 is 4.90 Å². The molecule has 0 amide bonds. The van der Waals surface area contributed by atoms with Crippen molar-refractivity contribution >= 4 is 5.82 Å². The zero-order valence-electron chi connectivity index (χ0n) is 15.2. The van der Waals surface area contributed by atoms with Gasteiger partial charge >= 0.3 is 6.18 Å². The smallest absolute Gasteiger partial charge is 0.356 e. The fraction of sp³-hybridized carbons (Fsp3) is 0.500. The molecule has 0 radical (unpaired) electrons. The fourth-order valence-corrected chi connectivity index (χ4v) is 4.31. The number of hydrogen-bond acceptors (Lipinski definition) is 4. The molecular formula is C20H23F3N4. The highest BCUT2D eigenvalue weighted by molar-refractivity contribution is 5.41. The van der Waals surface area contributed by atoms with Crippen LogP contribution in [0.4, 0.5) is 19.0 Å². The van der Waals surface area contributed by atoms with Crippen LogP contribution in [-0.2, 0) is 6.18 Å². The minimum atomic E-state index is -4.43. The third-order valence-corrected chi connectivity index (χ3v) is 5.78. The van der Waals surface area contributed by atoms with E-state index in [0.717, 1.165) is 45.0 Å². The van der Waals surface area contributed by atoms with Gasteiger partial charge in [-0.05, 0) is 17.9 Å². The van der Waals surface area contributed by atoms with E-state index in [1.165, 1.54) is 5.56 Å². The van der Waals surface area contributed by atoms with Gasteiger partial charge in [0, 0.05) is 44.2 Å². The van der Waals surface area contributed by atoms with Crippen molar-refractivity contribution in [1.29, 1.82) is 0 Å². The molecule has 3 unspecified atom stereocenters. The minimum absolute atomic E-state index is 0.381. The van der Waals surface area contributed by atoms with Crippen molar-refractivity contribution in [3.63, 3.8) is 0 Å². The van der Waals surface area contributed by atoms with Crippen molar-refractivity contribution in [2.45, 2.75) is 31.5 Å². The lowest BCUT2D eigenvalue weighted by Crippen LogP contribution is -2.64. The minimum Gasteiger partial charge on any atom is -0.356 e. The van der Waals surface area contributed by atoms with E-state index in [1.807, 2.05) is 11.0 Å². The Kier molecular flexibility index (Phi) is 4.80. The molecule has 144 valence electrons. The van der Waals surface area contributed by atoms with E-state index in [4.69, 9.17) is 0 Å². The summed E-state index contributed by atoms with van der Waals surface area (Å²) in [5.74, 6) is 1.35. The first kappa shape index (κ1) is 18.2. The molecule has 0 N–H and O–H groups in total.